The van der Waals surface area contributed by atoms with E-state index in [0.29, 0.717) is 51.9 Å². The Morgan fingerprint density at radius 3 is 1.26 bits per heavy atom. The lowest BCUT2D eigenvalue weighted by Gasteiger charge is -2.17. The largest absolute Gasteiger partial charge is 0.377 e. The number of primary amides is 1. The number of ether oxygens (including phenoxy) is 4. The average Bonchev–Trinajstić information content (AvgIpc) is 3.45. The first-order valence-corrected chi connectivity index (χ1v) is 29.8. The van der Waals surface area contributed by atoms with Gasteiger partial charge in [-0.05, 0) is 139 Å². The molecule has 0 rings (SSSR count). The van der Waals surface area contributed by atoms with Crippen LogP contribution in [-0.2, 0) is 62.1 Å². The van der Waals surface area contributed by atoms with Crippen molar-refractivity contribution in [2.75, 3.05) is 154 Å². The van der Waals surface area contributed by atoms with Crippen LogP contribution in [-0.4, -0.2) is 206 Å². The summed E-state index contributed by atoms with van der Waals surface area (Å²) in [5.74, 6) is 0.492. The molecule has 5 atom stereocenters. The van der Waals surface area contributed by atoms with Crippen LogP contribution in [0.3, 0.4) is 0 Å². The molecule has 472 valence electrons. The van der Waals surface area contributed by atoms with Gasteiger partial charge in [0.15, 0.2) is 11.6 Å². The van der Waals surface area contributed by atoms with Crippen LogP contribution in [0.4, 0.5) is 0 Å². The number of Topliss-reactive ketones (excluding diaryl/α,β-unsaturated/α-hetero) is 6. The molecule has 0 aliphatic heterocycles. The summed E-state index contributed by atoms with van der Waals surface area (Å²) in [5, 5.41) is 24.0. The van der Waals surface area contributed by atoms with Gasteiger partial charge in [0.1, 0.15) is 13.2 Å². The number of rotatable bonds is 59. The lowest BCUT2D eigenvalue weighted by molar-refractivity contribution is -0.139. The minimum atomic E-state index is -0.576. The van der Waals surface area contributed by atoms with Gasteiger partial charge in [-0.15, -0.1) is 0 Å². The standard InChI is InChI=1S/C36H70N6O9.C21H41N5O4/c1-29(11-5-8-14-38-2)35(46)41-17-19-48-21-24-51-28-33(44)26-31(13-7-10-16-40-4)36(47)42-18-20-49-22-23-50-27-32(43)25-30(34(37)45)12-6-9-15-39-3;1-4-16(9-5-7-11-23-2)20(29)18(27)14-25-13-17(10-6-8-12-24-3)21(30)19(28)15-26-22/h29-31,38-40H,5-28H2,1-4H3,(H2,37,45)(H,41,46)(H,42,47);16-17,23-26H,4-15,22H2,1-3H3/t29-,30+,31+;/m1./s1. The van der Waals surface area contributed by atoms with Crippen LogP contribution in [0.15, 0.2) is 0 Å². The summed E-state index contributed by atoms with van der Waals surface area (Å²) in [6, 6.07) is 0. The first kappa shape index (κ1) is 79.0. The molecule has 0 aromatic heterocycles. The molecule has 0 heterocycles. The number of ketones is 6. The Labute approximate surface area is 485 Å². The normalized spacial score (nSPS) is 13.0. The zero-order chi connectivity index (χ0) is 60.7. The van der Waals surface area contributed by atoms with Gasteiger partial charge in [0.2, 0.25) is 40.9 Å². The monoisotopic (exact) mass is 1160 g/mol. The van der Waals surface area contributed by atoms with Gasteiger partial charge in [-0.3, -0.25) is 54.4 Å². The number of hydrogen-bond acceptors (Lipinski definition) is 21. The van der Waals surface area contributed by atoms with E-state index in [4.69, 9.17) is 30.5 Å². The number of carbonyl (C=O) groups excluding carboxylic acids is 9. The van der Waals surface area contributed by atoms with Crippen molar-refractivity contribution in [3.63, 3.8) is 0 Å². The topological polar surface area (TPSA) is 351 Å². The fourth-order valence-corrected chi connectivity index (χ4v) is 8.54. The number of unbranched alkanes of at least 4 members (excludes halogenated alkanes) is 5. The molecule has 0 radical (unpaired) electrons. The molecule has 0 bridgehead atoms. The van der Waals surface area contributed by atoms with Crippen LogP contribution < -0.4 is 59.5 Å². The van der Waals surface area contributed by atoms with Crippen LogP contribution in [0.25, 0.3) is 0 Å². The quantitative estimate of drug-likeness (QED) is 0.0171. The average molecular weight is 1160 g/mol. The highest BCUT2D eigenvalue weighted by Gasteiger charge is 2.27. The van der Waals surface area contributed by atoms with Crippen LogP contribution in [0.5, 0.6) is 0 Å². The molecule has 2 unspecified atom stereocenters. The Balaban J connectivity index is 0. The fourth-order valence-electron chi connectivity index (χ4n) is 8.54. The Morgan fingerprint density at radius 1 is 0.432 bits per heavy atom. The van der Waals surface area contributed by atoms with E-state index in [1.807, 2.05) is 49.1 Å². The number of amides is 3. The lowest BCUT2D eigenvalue weighted by Crippen LogP contribution is -2.41. The van der Waals surface area contributed by atoms with Gasteiger partial charge in [-0.1, -0.05) is 46.0 Å². The van der Waals surface area contributed by atoms with Gasteiger partial charge >= 0.3 is 0 Å². The van der Waals surface area contributed by atoms with Gasteiger partial charge in [0, 0.05) is 62.1 Å². The molecule has 0 aliphatic rings. The van der Waals surface area contributed by atoms with Crippen LogP contribution in [0.2, 0.25) is 0 Å². The van der Waals surface area contributed by atoms with E-state index in [2.05, 4.69) is 48.0 Å². The Kier molecular flexibility index (Phi) is 55.1. The molecule has 81 heavy (non-hydrogen) atoms. The molecule has 3 amide bonds. The zero-order valence-electron chi connectivity index (χ0n) is 50.8. The van der Waals surface area contributed by atoms with Crippen molar-refractivity contribution in [2.45, 2.75) is 129 Å². The van der Waals surface area contributed by atoms with E-state index in [9.17, 15) is 43.2 Å². The summed E-state index contributed by atoms with van der Waals surface area (Å²) < 4.78 is 21.9. The molecule has 0 aromatic carbocycles. The molecule has 0 aliphatic carbocycles. The molecule has 24 nitrogen and oxygen atoms in total. The third-order valence-electron chi connectivity index (χ3n) is 13.5. The van der Waals surface area contributed by atoms with Gasteiger partial charge in [0.05, 0.1) is 52.7 Å². The maximum Gasteiger partial charge on any atom is 0.223 e. The van der Waals surface area contributed by atoms with Gasteiger partial charge in [-0.2, -0.15) is 0 Å². The van der Waals surface area contributed by atoms with Crippen LogP contribution >= 0.6 is 0 Å². The number of nitrogens with two attached hydrogens (primary N) is 2. The molecule has 0 saturated heterocycles. The lowest BCUT2D eigenvalue weighted by atomic mass is 9.92. The van der Waals surface area contributed by atoms with E-state index in [-0.39, 0.29) is 120 Å². The number of nitrogens with one attached hydrogen (secondary N) is 9. The van der Waals surface area contributed by atoms with Gasteiger partial charge in [0.25, 0.3) is 0 Å². The molecular formula is C57H111N11O13. The summed E-state index contributed by atoms with van der Waals surface area (Å²) in [7, 11) is 9.39. The van der Waals surface area contributed by atoms with Crippen LogP contribution in [0, 0.1) is 29.6 Å². The number of carbonyl (C=O) groups is 9. The zero-order valence-corrected chi connectivity index (χ0v) is 50.8. The van der Waals surface area contributed by atoms with Crippen molar-refractivity contribution in [3.05, 3.63) is 0 Å². The van der Waals surface area contributed by atoms with Crippen molar-refractivity contribution in [2.24, 2.45) is 41.2 Å². The predicted molar refractivity (Wildman–Crippen MR) is 315 cm³/mol. The molecule has 0 fully saturated rings. The van der Waals surface area contributed by atoms with E-state index in [1.165, 1.54) is 0 Å². The Morgan fingerprint density at radius 2 is 0.815 bits per heavy atom. The number of hydrazine groups is 1. The molecular weight excluding hydrogens is 1050 g/mol. The van der Waals surface area contributed by atoms with Crippen molar-refractivity contribution in [1.82, 2.24) is 48.0 Å². The highest BCUT2D eigenvalue weighted by molar-refractivity contribution is 6.39. The Bertz CT molecular complexity index is 1680. The summed E-state index contributed by atoms with van der Waals surface area (Å²) in [6.07, 6.45) is 13.0. The Hall–Kier alpha value is -4.05. The van der Waals surface area contributed by atoms with E-state index in [0.717, 1.165) is 103 Å². The highest BCUT2D eigenvalue weighted by Crippen LogP contribution is 2.17. The summed E-state index contributed by atoms with van der Waals surface area (Å²) in [6.45, 7) is 10.1. The first-order valence-electron chi connectivity index (χ1n) is 29.8. The second-order valence-electron chi connectivity index (χ2n) is 20.5. The summed E-state index contributed by atoms with van der Waals surface area (Å²) in [4.78, 5) is 111. The van der Waals surface area contributed by atoms with Crippen molar-refractivity contribution in [3.8, 4) is 0 Å². The van der Waals surface area contributed by atoms with E-state index >= 15 is 0 Å². The molecule has 0 aromatic rings. The van der Waals surface area contributed by atoms with Crippen molar-refractivity contribution < 1.29 is 62.1 Å². The van der Waals surface area contributed by atoms with Crippen LogP contribution in [0.1, 0.15) is 129 Å². The predicted octanol–water partition coefficient (Wildman–Crippen LogP) is 0.464. The van der Waals surface area contributed by atoms with Crippen molar-refractivity contribution >= 4 is 52.4 Å². The van der Waals surface area contributed by atoms with E-state index in [1.54, 1.807) is 0 Å². The summed E-state index contributed by atoms with van der Waals surface area (Å²) in [5.41, 5.74) is 7.66. The first-order chi connectivity index (χ1) is 39.1. The van der Waals surface area contributed by atoms with Gasteiger partial charge in [-0.25, -0.2) is 0 Å². The highest BCUT2D eigenvalue weighted by atomic mass is 16.5. The molecule has 24 heteroatoms. The van der Waals surface area contributed by atoms with Crippen molar-refractivity contribution in [1.29, 1.82) is 0 Å². The van der Waals surface area contributed by atoms with Gasteiger partial charge < -0.3 is 67.2 Å². The number of hydrogen-bond donors (Lipinski definition) is 11. The SMILES string of the molecule is CCC(CCCCNC)C(=O)C(=O)CNCC(CCCCNC)C(=O)C(=O)CNN.CNCCCC[C@@H](CC(=O)COCCOCCNC(=O)[C@@H](CCCCNC)CC(=O)COCCOCCNC(=O)[C@H](C)CCCCNC)C(N)=O. The second-order valence-corrected chi connectivity index (χ2v) is 20.5. The maximum absolute atomic E-state index is 12.9. The third kappa shape index (κ3) is 46.1. The second kappa shape index (κ2) is 56.4. The fraction of sp³-hybridized carbons (Fsp3) is 0.842. The third-order valence-corrected chi connectivity index (χ3v) is 13.5. The minimum absolute atomic E-state index is 0.0247. The van der Waals surface area contributed by atoms with E-state index < -0.39 is 41.0 Å². The molecule has 13 N–H and O–H groups in total. The molecule has 0 saturated carbocycles. The molecule has 0 spiro atoms. The smallest absolute Gasteiger partial charge is 0.223 e. The summed E-state index contributed by atoms with van der Waals surface area (Å²) >= 11 is 0. The maximum atomic E-state index is 12.9. The minimum Gasteiger partial charge on any atom is -0.377 e.